The Hall–Kier alpha value is -3.24. The first-order valence-electron chi connectivity index (χ1n) is 12.1. The lowest BCUT2D eigenvalue weighted by Crippen LogP contribution is -2.13. The van der Waals surface area contributed by atoms with Gasteiger partial charge in [0.05, 0.1) is 11.1 Å². The Morgan fingerprint density at radius 2 is 1.43 bits per heavy atom. The Kier molecular flexibility index (Phi) is 12.3. The highest BCUT2D eigenvalue weighted by Crippen LogP contribution is 2.38. The van der Waals surface area contributed by atoms with Crippen molar-refractivity contribution in [3.63, 3.8) is 0 Å². The summed E-state index contributed by atoms with van der Waals surface area (Å²) in [7, 11) is 1.43. The molecule has 0 radical (unpaired) electrons. The average Bonchev–Trinajstić information content (AvgIpc) is 2.94. The predicted molar refractivity (Wildman–Crippen MR) is 157 cm³/mol. The summed E-state index contributed by atoms with van der Waals surface area (Å²) < 4.78 is 79.3. The lowest BCUT2D eigenvalue weighted by Gasteiger charge is -2.16. The Morgan fingerprint density at radius 1 is 0.850 bits per heavy atom. The molecule has 40 heavy (non-hydrogen) atoms. The molecule has 3 aromatic carbocycles. The fraction of sp³-hybridized carbons (Fsp3) is 0.200. The number of nitrogens with one attached hydrogen (secondary N) is 1. The Bertz CT molecular complexity index is 1300. The van der Waals surface area contributed by atoms with E-state index in [1.165, 1.54) is 12.5 Å². The SMILES string of the molecule is C=Cc1ccccc1CS/C=C(\N)c1ccc(S/C=C(\NC)c2cc(C(F)(F)F)cc(C(F)(F)F)c2)cc1.CC. The van der Waals surface area contributed by atoms with E-state index in [-0.39, 0.29) is 17.3 Å². The fourth-order valence-corrected chi connectivity index (χ4v) is 5.03. The zero-order valence-corrected chi connectivity index (χ0v) is 23.8. The third-order valence-corrected chi connectivity index (χ3v) is 7.19. The molecule has 0 heterocycles. The van der Waals surface area contributed by atoms with Crippen molar-refractivity contribution in [3.8, 4) is 0 Å². The van der Waals surface area contributed by atoms with Crippen LogP contribution in [0.1, 0.15) is 47.2 Å². The molecule has 10 heteroatoms. The maximum Gasteiger partial charge on any atom is 0.416 e. The van der Waals surface area contributed by atoms with Crippen LogP contribution in [0.3, 0.4) is 0 Å². The molecule has 0 fully saturated rings. The van der Waals surface area contributed by atoms with Gasteiger partial charge in [-0.25, -0.2) is 0 Å². The van der Waals surface area contributed by atoms with Crippen molar-refractivity contribution in [1.82, 2.24) is 5.32 Å². The number of alkyl halides is 6. The topological polar surface area (TPSA) is 38.0 Å². The van der Waals surface area contributed by atoms with Gasteiger partial charge < -0.3 is 11.1 Å². The van der Waals surface area contributed by atoms with Gasteiger partial charge in [0.25, 0.3) is 0 Å². The van der Waals surface area contributed by atoms with Gasteiger partial charge in [-0.1, -0.05) is 74.7 Å². The van der Waals surface area contributed by atoms with E-state index in [9.17, 15) is 26.3 Å². The fourth-order valence-electron chi connectivity index (χ4n) is 3.39. The van der Waals surface area contributed by atoms with E-state index in [4.69, 9.17) is 5.73 Å². The van der Waals surface area contributed by atoms with Crippen LogP contribution >= 0.6 is 23.5 Å². The van der Waals surface area contributed by atoms with Crippen LogP contribution in [0.25, 0.3) is 17.5 Å². The standard InChI is InChI=1S/C28H24F6N2S2.C2H6/c1-3-18-6-4-5-7-20(18)15-37-16-25(35)19-8-10-24(11-9-19)38-17-26(36-2)21-12-22(27(29,30)31)14-23(13-21)28(32,33)34;1-2/h3-14,16-17,36H,1,15,35H2,2H3;1-2H3/b25-16-,26-17-;. The van der Waals surface area contributed by atoms with E-state index in [0.717, 1.165) is 39.1 Å². The third kappa shape index (κ3) is 9.45. The van der Waals surface area contributed by atoms with Crippen molar-refractivity contribution in [3.05, 3.63) is 118 Å². The molecule has 0 aliphatic rings. The van der Waals surface area contributed by atoms with E-state index in [1.807, 2.05) is 43.5 Å². The largest absolute Gasteiger partial charge is 0.416 e. The molecule has 0 unspecified atom stereocenters. The molecule has 0 spiro atoms. The van der Waals surface area contributed by atoms with Crippen LogP contribution in [-0.4, -0.2) is 7.05 Å². The number of thioether (sulfide) groups is 2. The van der Waals surface area contributed by atoms with Crippen LogP contribution in [0.2, 0.25) is 0 Å². The van der Waals surface area contributed by atoms with Crippen LogP contribution in [0.5, 0.6) is 0 Å². The molecule has 0 saturated heterocycles. The van der Waals surface area contributed by atoms with Crippen LogP contribution in [-0.2, 0) is 18.1 Å². The Balaban J connectivity index is 0.00000274. The highest BCUT2D eigenvalue weighted by atomic mass is 32.2. The number of benzene rings is 3. The van der Waals surface area contributed by atoms with Crippen molar-refractivity contribution >= 4 is 41.0 Å². The van der Waals surface area contributed by atoms with Crippen molar-refractivity contribution < 1.29 is 26.3 Å². The lowest BCUT2D eigenvalue weighted by atomic mass is 10.0. The summed E-state index contributed by atoms with van der Waals surface area (Å²) in [6.45, 7) is 7.82. The van der Waals surface area contributed by atoms with E-state index >= 15 is 0 Å². The summed E-state index contributed by atoms with van der Waals surface area (Å²) in [6.07, 6.45) is -8.03. The van der Waals surface area contributed by atoms with Crippen molar-refractivity contribution in [1.29, 1.82) is 0 Å². The summed E-state index contributed by atoms with van der Waals surface area (Å²) in [4.78, 5) is 0.727. The summed E-state index contributed by atoms with van der Waals surface area (Å²) in [5.41, 5.74) is 6.91. The predicted octanol–water partition coefficient (Wildman–Crippen LogP) is 9.89. The van der Waals surface area contributed by atoms with Gasteiger partial charge in [-0.15, -0.1) is 11.8 Å². The van der Waals surface area contributed by atoms with Crippen molar-refractivity contribution in [2.75, 3.05) is 7.05 Å². The van der Waals surface area contributed by atoms with Crippen LogP contribution in [0.4, 0.5) is 26.3 Å². The van der Waals surface area contributed by atoms with E-state index in [1.54, 1.807) is 42.1 Å². The van der Waals surface area contributed by atoms with Crippen LogP contribution in [0, 0.1) is 0 Å². The molecule has 3 N–H and O–H groups in total. The van der Waals surface area contributed by atoms with Gasteiger partial charge in [-0.2, -0.15) is 26.3 Å². The lowest BCUT2D eigenvalue weighted by molar-refractivity contribution is -0.143. The van der Waals surface area contributed by atoms with Gasteiger partial charge >= 0.3 is 12.4 Å². The summed E-state index contributed by atoms with van der Waals surface area (Å²) >= 11 is 2.70. The molecule has 3 rings (SSSR count). The molecular formula is C30H30F6N2S2. The molecule has 3 aromatic rings. The number of rotatable bonds is 9. The van der Waals surface area contributed by atoms with E-state index in [0.29, 0.717) is 17.8 Å². The van der Waals surface area contributed by atoms with Gasteiger partial charge in [0.15, 0.2) is 0 Å². The molecular weight excluding hydrogens is 566 g/mol. The van der Waals surface area contributed by atoms with Crippen molar-refractivity contribution in [2.24, 2.45) is 5.73 Å². The molecule has 2 nitrogen and oxygen atoms in total. The summed E-state index contributed by atoms with van der Waals surface area (Å²) in [6, 6.07) is 16.6. The Morgan fingerprint density at radius 3 is 1.95 bits per heavy atom. The molecule has 0 saturated carbocycles. The Labute approximate surface area is 239 Å². The molecule has 0 bridgehead atoms. The smallest absolute Gasteiger partial charge is 0.398 e. The van der Waals surface area contributed by atoms with Crippen molar-refractivity contribution in [2.45, 2.75) is 36.8 Å². The molecule has 214 valence electrons. The second kappa shape index (κ2) is 14.9. The zero-order valence-electron chi connectivity index (χ0n) is 22.2. The van der Waals surface area contributed by atoms with Gasteiger partial charge in [0, 0.05) is 29.1 Å². The normalized spacial score (nSPS) is 12.4. The number of hydrogen-bond donors (Lipinski definition) is 2. The molecule has 0 aromatic heterocycles. The molecule has 0 amide bonds. The highest BCUT2D eigenvalue weighted by Gasteiger charge is 2.37. The van der Waals surface area contributed by atoms with E-state index < -0.39 is 23.5 Å². The van der Waals surface area contributed by atoms with Gasteiger partial charge in [0.2, 0.25) is 0 Å². The van der Waals surface area contributed by atoms with E-state index in [2.05, 4.69) is 11.9 Å². The average molecular weight is 597 g/mol. The maximum absolute atomic E-state index is 13.2. The van der Waals surface area contributed by atoms with Gasteiger partial charge in [-0.05, 0) is 63.4 Å². The maximum atomic E-state index is 13.2. The zero-order chi connectivity index (χ0) is 29.9. The first kappa shape index (κ1) is 33.0. The summed E-state index contributed by atoms with van der Waals surface area (Å²) in [5.74, 6) is 0.722. The minimum Gasteiger partial charge on any atom is -0.398 e. The molecule has 0 aliphatic carbocycles. The van der Waals surface area contributed by atoms with Gasteiger partial charge in [-0.3, -0.25) is 0 Å². The molecule has 0 atom stereocenters. The monoisotopic (exact) mass is 596 g/mol. The number of nitrogens with two attached hydrogens (primary N) is 1. The highest BCUT2D eigenvalue weighted by molar-refractivity contribution is 8.02. The molecule has 0 aliphatic heterocycles. The minimum absolute atomic E-state index is 0.108. The summed E-state index contributed by atoms with van der Waals surface area (Å²) in [5, 5.41) is 6.01. The minimum atomic E-state index is -4.92. The van der Waals surface area contributed by atoms with Crippen LogP contribution < -0.4 is 11.1 Å². The first-order chi connectivity index (χ1) is 18.9. The van der Waals surface area contributed by atoms with Gasteiger partial charge in [0.1, 0.15) is 0 Å². The third-order valence-electron chi connectivity index (χ3n) is 5.39. The second-order valence-electron chi connectivity index (χ2n) is 8.01. The quantitative estimate of drug-likeness (QED) is 0.190. The second-order valence-corrected chi connectivity index (χ2v) is 9.81. The number of halogens is 6. The first-order valence-corrected chi connectivity index (χ1v) is 14.1. The van der Waals surface area contributed by atoms with Crippen LogP contribution in [0.15, 0.2) is 89.0 Å². The number of hydrogen-bond acceptors (Lipinski definition) is 4.